The van der Waals surface area contributed by atoms with Gasteiger partial charge in [-0.1, -0.05) is 55.0 Å². The molecule has 7 atom stereocenters. The summed E-state index contributed by atoms with van der Waals surface area (Å²) in [6.07, 6.45) is 3.54. The van der Waals surface area contributed by atoms with Crippen molar-refractivity contribution in [2.75, 3.05) is 0 Å². The van der Waals surface area contributed by atoms with Gasteiger partial charge in [-0.2, -0.15) is 0 Å². The molecule has 2 saturated carbocycles. The number of aliphatic hydroxyl groups is 3. The molecule has 3 aromatic carbocycles. The van der Waals surface area contributed by atoms with Crippen molar-refractivity contribution >= 4 is 17.7 Å². The van der Waals surface area contributed by atoms with E-state index in [9.17, 15) is 39.9 Å². The highest BCUT2D eigenvalue weighted by Crippen LogP contribution is 2.47. The van der Waals surface area contributed by atoms with Crippen molar-refractivity contribution in [3.63, 3.8) is 0 Å². The molecule has 1 spiro atoms. The number of fused-ring (bicyclic) bond motifs is 9. The first-order valence-electron chi connectivity index (χ1n) is 19.8. The zero-order valence-corrected chi connectivity index (χ0v) is 31.5. The molecule has 3 aromatic rings. The summed E-state index contributed by atoms with van der Waals surface area (Å²) in [7, 11) is 0. The van der Waals surface area contributed by atoms with Crippen molar-refractivity contribution in [3.8, 4) is 29.1 Å². The van der Waals surface area contributed by atoms with Crippen LogP contribution in [0, 0.1) is 23.7 Å². The molecule has 5 N–H and O–H groups in total. The Hall–Kier alpha value is -4.95. The summed E-state index contributed by atoms with van der Waals surface area (Å²) in [5, 5.41) is 57.1. The van der Waals surface area contributed by atoms with Crippen LogP contribution in [0.2, 0.25) is 0 Å². The number of phenolic OH excluding ortho intramolecular Hbond substituents is 2. The molecule has 292 valence electrons. The SMILES string of the molecule is C[C@]1(O)[C@H]2CCC(=O)[C@H](Cc3cccc(c3)C3(CCCC3)[C@H](O)/C=C3/C[C@@H](c4cc(O)cc(CO)c4)C#C[C@@H]4CC(=O)Oc5cc(O)c(cc54)C[C@H]1OC3=O)C2. The average Bonchev–Trinajstić information content (AvgIpc) is 3.68. The summed E-state index contributed by atoms with van der Waals surface area (Å²) in [5.41, 5.74) is 1.47. The van der Waals surface area contributed by atoms with Gasteiger partial charge in [-0.3, -0.25) is 9.59 Å². The highest BCUT2D eigenvalue weighted by molar-refractivity contribution is 5.89. The quantitative estimate of drug-likeness (QED) is 0.124. The number of Topliss-reactive ketones (excluding diaryl/α,β-unsaturated/α-hetero) is 1. The lowest BCUT2D eigenvalue weighted by atomic mass is 9.68. The van der Waals surface area contributed by atoms with Crippen LogP contribution in [0.4, 0.5) is 0 Å². The van der Waals surface area contributed by atoms with Crippen LogP contribution in [0.3, 0.4) is 0 Å². The second-order valence-electron chi connectivity index (χ2n) is 16.7. The van der Waals surface area contributed by atoms with Crippen molar-refractivity contribution in [2.45, 2.75) is 119 Å². The maximum Gasteiger partial charge on any atom is 0.334 e. The Morgan fingerprint density at radius 3 is 2.48 bits per heavy atom. The normalized spacial score (nSPS) is 30.9. The first kappa shape index (κ1) is 37.9. The largest absolute Gasteiger partial charge is 0.508 e. The summed E-state index contributed by atoms with van der Waals surface area (Å²) >= 11 is 0. The fourth-order valence-electron chi connectivity index (χ4n) is 9.89. The first-order valence-corrected chi connectivity index (χ1v) is 19.8. The molecule has 56 heavy (non-hydrogen) atoms. The van der Waals surface area contributed by atoms with Crippen LogP contribution in [0.25, 0.3) is 0 Å². The van der Waals surface area contributed by atoms with E-state index in [2.05, 4.69) is 17.9 Å². The molecular formula is C46H48O10. The third-order valence-electron chi connectivity index (χ3n) is 13.2. The van der Waals surface area contributed by atoms with Gasteiger partial charge in [0.05, 0.1) is 25.0 Å². The predicted octanol–water partition coefficient (Wildman–Crippen LogP) is 5.72. The number of esters is 2. The van der Waals surface area contributed by atoms with Gasteiger partial charge in [0.25, 0.3) is 0 Å². The van der Waals surface area contributed by atoms with Crippen molar-refractivity contribution < 1.29 is 49.4 Å². The molecule has 0 amide bonds. The van der Waals surface area contributed by atoms with Crippen LogP contribution >= 0.6 is 0 Å². The van der Waals surface area contributed by atoms with Crippen molar-refractivity contribution in [3.05, 3.63) is 99.6 Å². The third kappa shape index (κ3) is 7.13. The van der Waals surface area contributed by atoms with E-state index < -0.39 is 52.9 Å². The minimum Gasteiger partial charge on any atom is -0.508 e. The van der Waals surface area contributed by atoms with Gasteiger partial charge < -0.3 is 35.0 Å². The number of ketones is 1. The Balaban J connectivity index is 1.35. The van der Waals surface area contributed by atoms with E-state index in [0.717, 1.165) is 24.0 Å². The maximum atomic E-state index is 14.8. The molecule has 2 aliphatic carbocycles. The van der Waals surface area contributed by atoms with E-state index in [4.69, 9.17) is 9.47 Å². The lowest BCUT2D eigenvalue weighted by Gasteiger charge is -2.42. The van der Waals surface area contributed by atoms with Crippen LogP contribution in [0.5, 0.6) is 17.2 Å². The molecule has 8 rings (SSSR count). The smallest absolute Gasteiger partial charge is 0.334 e. The number of hydrogen-bond donors (Lipinski definition) is 5. The van der Waals surface area contributed by atoms with E-state index in [1.807, 2.05) is 18.2 Å². The topological polar surface area (TPSA) is 171 Å². The Kier molecular flexibility index (Phi) is 10.1. The van der Waals surface area contributed by atoms with Crippen molar-refractivity contribution in [1.82, 2.24) is 0 Å². The van der Waals surface area contributed by atoms with Gasteiger partial charge in [0.2, 0.25) is 0 Å². The zero-order valence-electron chi connectivity index (χ0n) is 31.5. The predicted molar refractivity (Wildman–Crippen MR) is 205 cm³/mol. The number of rotatable bonds is 2. The van der Waals surface area contributed by atoms with Gasteiger partial charge in [-0.15, -0.1) is 0 Å². The number of ether oxygens (including phenoxy) is 2. The van der Waals surface area contributed by atoms with E-state index >= 15 is 0 Å². The van der Waals surface area contributed by atoms with Crippen LogP contribution in [-0.4, -0.2) is 61.1 Å². The summed E-state index contributed by atoms with van der Waals surface area (Å²) in [5.74, 6) is 2.93. The molecule has 2 fully saturated rings. The van der Waals surface area contributed by atoms with Crippen LogP contribution < -0.4 is 4.74 Å². The molecule has 10 nitrogen and oxygen atoms in total. The molecule has 0 saturated heterocycles. The highest BCUT2D eigenvalue weighted by Gasteiger charge is 2.48. The summed E-state index contributed by atoms with van der Waals surface area (Å²) in [4.78, 5) is 41.2. The van der Waals surface area contributed by atoms with Gasteiger partial charge in [0, 0.05) is 47.3 Å². The average molecular weight is 761 g/mol. The molecule has 8 bridgehead atoms. The van der Waals surface area contributed by atoms with Crippen molar-refractivity contribution in [2.24, 2.45) is 11.8 Å². The van der Waals surface area contributed by atoms with Gasteiger partial charge in [0.1, 0.15) is 34.7 Å². The van der Waals surface area contributed by atoms with Gasteiger partial charge in [-0.25, -0.2) is 4.79 Å². The maximum absolute atomic E-state index is 14.8. The number of aliphatic hydroxyl groups excluding tert-OH is 2. The number of phenols is 2. The molecule has 3 heterocycles. The lowest BCUT2D eigenvalue weighted by Crippen LogP contribution is -2.52. The second-order valence-corrected chi connectivity index (χ2v) is 16.7. The van der Waals surface area contributed by atoms with Gasteiger partial charge >= 0.3 is 11.9 Å². The number of aromatic hydroxyl groups is 2. The van der Waals surface area contributed by atoms with E-state index in [1.54, 1.807) is 25.1 Å². The van der Waals surface area contributed by atoms with E-state index in [0.29, 0.717) is 54.4 Å². The number of carbonyl (C=O) groups excluding carboxylic acids is 3. The minimum absolute atomic E-state index is 0.0735. The third-order valence-corrected chi connectivity index (χ3v) is 13.2. The van der Waals surface area contributed by atoms with E-state index in [-0.39, 0.29) is 66.8 Å². The fourth-order valence-corrected chi connectivity index (χ4v) is 9.89. The summed E-state index contributed by atoms with van der Waals surface area (Å²) in [6.45, 7) is 1.27. The van der Waals surface area contributed by atoms with E-state index in [1.165, 1.54) is 18.2 Å². The summed E-state index contributed by atoms with van der Waals surface area (Å²) < 4.78 is 12.0. The number of benzene rings is 3. The first-order chi connectivity index (χ1) is 26.8. The molecule has 10 heteroatoms. The van der Waals surface area contributed by atoms with Crippen LogP contribution in [-0.2, 0) is 44.0 Å². The molecule has 0 aromatic heterocycles. The Bertz CT molecular complexity index is 2170. The number of carbonyl (C=O) groups is 3. The monoisotopic (exact) mass is 760 g/mol. The fraction of sp³-hybridized carbons (Fsp3) is 0.457. The molecule has 0 unspecified atom stereocenters. The molecule has 0 radical (unpaired) electrons. The van der Waals surface area contributed by atoms with Gasteiger partial charge in [0.15, 0.2) is 0 Å². The molecule has 3 aliphatic heterocycles. The van der Waals surface area contributed by atoms with Crippen LogP contribution in [0.1, 0.15) is 110 Å². The van der Waals surface area contributed by atoms with Crippen molar-refractivity contribution in [1.29, 1.82) is 0 Å². The highest BCUT2D eigenvalue weighted by atomic mass is 16.6. The minimum atomic E-state index is -1.67. The zero-order chi connectivity index (χ0) is 39.4. The standard InChI is InChI=1S/C46H48O10/c1-45(54)34-9-10-38(49)31(18-34)13-26-5-4-6-35(15-26)46(11-2-3-12-46)41(51)21-33-17-28(30-14-27(25-47)16-36(48)19-30)7-8-29-23-43(52)55-40-24-39(50)32(20-37(29)40)22-42(45)56-44(33)53/h4-6,14-16,19-21,24,28-29,31,34,41-42,47-48,50-51,54H,2-3,9-13,17-18,22-23,25H2,1H3/b33-21-/t28-,29+,31+,34-,41+,42+,45-/m0/s1. The number of hydrogen-bond acceptors (Lipinski definition) is 10. The lowest BCUT2D eigenvalue weighted by molar-refractivity contribution is -0.170. The Morgan fingerprint density at radius 2 is 1.70 bits per heavy atom. The Morgan fingerprint density at radius 1 is 0.911 bits per heavy atom. The molecular weight excluding hydrogens is 712 g/mol. The Labute approximate surface area is 326 Å². The van der Waals surface area contributed by atoms with Crippen LogP contribution in [0.15, 0.2) is 66.2 Å². The molecule has 5 aliphatic rings. The van der Waals surface area contributed by atoms with Gasteiger partial charge in [-0.05, 0) is 103 Å². The summed E-state index contributed by atoms with van der Waals surface area (Å²) in [6, 6.07) is 15.7. The second kappa shape index (κ2) is 14.8.